The van der Waals surface area contributed by atoms with Gasteiger partial charge < -0.3 is 9.80 Å². The number of anilines is 1. The summed E-state index contributed by atoms with van der Waals surface area (Å²) in [7, 11) is 0. The van der Waals surface area contributed by atoms with Crippen LogP contribution in [0, 0.1) is 48.6 Å². The molecule has 0 spiro atoms. The lowest BCUT2D eigenvalue weighted by Gasteiger charge is -2.34. The largest absolute Gasteiger partial charge is 0.355 e. The van der Waals surface area contributed by atoms with E-state index in [4.69, 9.17) is 10.1 Å². The highest BCUT2D eigenvalue weighted by atomic mass is 19.2. The molecule has 2 aliphatic heterocycles. The van der Waals surface area contributed by atoms with Crippen molar-refractivity contribution < 1.29 is 13.6 Å². The molecule has 1 aromatic carbocycles. The summed E-state index contributed by atoms with van der Waals surface area (Å²) in [5, 5.41) is 14.1. The van der Waals surface area contributed by atoms with Crippen LogP contribution in [0.2, 0.25) is 0 Å². The first-order valence-electron chi connectivity index (χ1n) is 12.1. The number of fused-ring (bicyclic) bond motifs is 1. The highest BCUT2D eigenvalue weighted by Crippen LogP contribution is 2.34. The van der Waals surface area contributed by atoms with Crippen LogP contribution in [0.1, 0.15) is 59.4 Å². The third-order valence-corrected chi connectivity index (χ3v) is 7.31. The molecule has 7 nitrogen and oxygen atoms in total. The zero-order valence-electron chi connectivity index (χ0n) is 20.1. The van der Waals surface area contributed by atoms with Crippen LogP contribution in [0.3, 0.4) is 0 Å². The Bertz CT molecular complexity index is 1350. The summed E-state index contributed by atoms with van der Waals surface area (Å²) in [5.74, 6) is -1.54. The van der Waals surface area contributed by atoms with Crippen molar-refractivity contribution in [3.8, 4) is 6.07 Å². The van der Waals surface area contributed by atoms with Crippen molar-refractivity contribution in [2.24, 2.45) is 11.8 Å². The van der Waals surface area contributed by atoms with E-state index >= 15 is 0 Å². The molecule has 0 bridgehead atoms. The Hall–Kier alpha value is -3.54. The number of nitrogens with zero attached hydrogens (tertiary/aromatic N) is 6. The predicted molar refractivity (Wildman–Crippen MR) is 127 cm³/mol. The maximum Gasteiger partial charge on any atom is 0.257 e. The number of carbonyl (C=O) groups excluding carboxylic acids is 1. The molecule has 0 N–H and O–H groups in total. The van der Waals surface area contributed by atoms with Crippen LogP contribution >= 0.6 is 0 Å². The number of hydrogen-bond acceptors (Lipinski definition) is 5. The molecule has 2 aromatic heterocycles. The summed E-state index contributed by atoms with van der Waals surface area (Å²) < 4.78 is 30.5. The highest BCUT2D eigenvalue weighted by molar-refractivity contribution is 5.95. The summed E-state index contributed by atoms with van der Waals surface area (Å²) in [6, 6.07) is 6.69. The summed E-state index contributed by atoms with van der Waals surface area (Å²) in [5.41, 5.74) is 2.20. The van der Waals surface area contributed by atoms with Gasteiger partial charge in [0.1, 0.15) is 5.82 Å². The van der Waals surface area contributed by atoms with Crippen molar-refractivity contribution >= 4 is 17.4 Å². The number of piperidine rings is 1. The van der Waals surface area contributed by atoms with E-state index in [0.29, 0.717) is 30.9 Å². The second-order valence-electron chi connectivity index (χ2n) is 9.81. The smallest absolute Gasteiger partial charge is 0.257 e. The Morgan fingerprint density at radius 3 is 2.69 bits per heavy atom. The van der Waals surface area contributed by atoms with Crippen molar-refractivity contribution in [2.75, 3.05) is 24.5 Å². The van der Waals surface area contributed by atoms with Gasteiger partial charge in [-0.2, -0.15) is 10.4 Å². The van der Waals surface area contributed by atoms with Gasteiger partial charge in [-0.25, -0.2) is 18.3 Å². The van der Waals surface area contributed by atoms with Gasteiger partial charge in [-0.15, -0.1) is 0 Å². The predicted octanol–water partition coefficient (Wildman–Crippen LogP) is 4.59. The molecular weight excluding hydrogens is 450 g/mol. The fourth-order valence-corrected chi connectivity index (χ4v) is 5.26. The maximum absolute atomic E-state index is 14.6. The second-order valence-corrected chi connectivity index (χ2v) is 9.81. The molecule has 4 heterocycles. The highest BCUT2D eigenvalue weighted by Gasteiger charge is 2.34. The molecule has 0 radical (unpaired) electrons. The lowest BCUT2D eigenvalue weighted by Crippen LogP contribution is -2.39. The van der Waals surface area contributed by atoms with Gasteiger partial charge in [0.25, 0.3) is 5.91 Å². The van der Waals surface area contributed by atoms with Gasteiger partial charge in [0.05, 0.1) is 29.3 Å². The number of hydrogen-bond donors (Lipinski definition) is 0. The standard InChI is InChI=1S/C26H28F2N6O/c1-15-7-8-19(24(28)23(15)27)26(35)33-9-5-4-6-21(33)20-10-22-30-25(17(3)13-34(22)31-20)32-12-16(2)18(11-29)14-32/h7-8,10,13,16,18,21H,4-6,9,12,14H2,1-3H3/t16-,18+,21-/m0/s1. The van der Waals surface area contributed by atoms with E-state index < -0.39 is 17.5 Å². The van der Waals surface area contributed by atoms with Gasteiger partial charge in [0.2, 0.25) is 0 Å². The molecule has 182 valence electrons. The SMILES string of the molecule is Cc1cn2nc([C@@H]3CCCCN3C(=O)c3ccc(C)c(F)c3F)cc2nc1N1C[C@@H](C#N)[C@@H](C)C1. The second kappa shape index (κ2) is 8.91. The van der Waals surface area contributed by atoms with Crippen LogP contribution < -0.4 is 4.90 Å². The van der Waals surface area contributed by atoms with Crippen LogP contribution in [0.15, 0.2) is 24.4 Å². The topological polar surface area (TPSA) is 77.5 Å². The summed E-state index contributed by atoms with van der Waals surface area (Å²) >= 11 is 0. The minimum atomic E-state index is -1.10. The Morgan fingerprint density at radius 2 is 1.94 bits per heavy atom. The Labute approximate surface area is 203 Å². The zero-order valence-corrected chi connectivity index (χ0v) is 20.1. The van der Waals surface area contributed by atoms with Crippen LogP contribution in [-0.2, 0) is 0 Å². The van der Waals surface area contributed by atoms with E-state index in [1.54, 1.807) is 9.42 Å². The van der Waals surface area contributed by atoms with Crippen molar-refractivity contribution in [3.63, 3.8) is 0 Å². The number of benzene rings is 1. The molecule has 0 aliphatic carbocycles. The summed E-state index contributed by atoms with van der Waals surface area (Å²) in [4.78, 5) is 21.9. The molecule has 9 heteroatoms. The first-order valence-corrected chi connectivity index (χ1v) is 12.1. The van der Waals surface area contributed by atoms with Crippen molar-refractivity contribution in [2.45, 2.75) is 46.1 Å². The van der Waals surface area contributed by atoms with Gasteiger partial charge in [-0.05, 0) is 50.7 Å². The zero-order chi connectivity index (χ0) is 24.9. The monoisotopic (exact) mass is 478 g/mol. The minimum absolute atomic E-state index is 0.0262. The van der Waals surface area contributed by atoms with E-state index in [1.807, 2.05) is 19.2 Å². The fourth-order valence-electron chi connectivity index (χ4n) is 5.26. The molecule has 2 saturated heterocycles. The number of nitriles is 1. The van der Waals surface area contributed by atoms with E-state index in [2.05, 4.69) is 17.9 Å². The van der Waals surface area contributed by atoms with Gasteiger partial charge in [0.15, 0.2) is 17.3 Å². The molecule has 1 amide bonds. The maximum atomic E-state index is 14.6. The third kappa shape index (κ3) is 4.01. The molecular formula is C26H28F2N6O. The third-order valence-electron chi connectivity index (χ3n) is 7.31. The fraction of sp³-hybridized carbons (Fsp3) is 0.462. The molecule has 2 aliphatic rings. The number of carbonyl (C=O) groups is 1. The van der Waals surface area contributed by atoms with Crippen LogP contribution in [0.5, 0.6) is 0 Å². The van der Waals surface area contributed by atoms with E-state index in [1.165, 1.54) is 19.1 Å². The van der Waals surface area contributed by atoms with E-state index in [-0.39, 0.29) is 29.0 Å². The number of likely N-dealkylation sites (tertiary alicyclic amines) is 1. The first-order chi connectivity index (χ1) is 16.8. The number of halogens is 2. The number of amides is 1. The molecule has 0 saturated carbocycles. The number of aryl methyl sites for hydroxylation is 2. The molecule has 0 unspecified atom stereocenters. The molecule has 5 rings (SSSR count). The average molecular weight is 479 g/mol. The number of rotatable bonds is 3. The minimum Gasteiger partial charge on any atom is -0.355 e. The van der Waals surface area contributed by atoms with Gasteiger partial charge in [0, 0.05) is 37.5 Å². The lowest BCUT2D eigenvalue weighted by atomic mass is 9.98. The van der Waals surface area contributed by atoms with Gasteiger partial charge in [-0.1, -0.05) is 13.0 Å². The molecule has 3 atom stereocenters. The quantitative estimate of drug-likeness (QED) is 0.550. The molecule has 3 aromatic rings. The Balaban J connectivity index is 1.47. The average Bonchev–Trinajstić information content (AvgIpc) is 3.44. The van der Waals surface area contributed by atoms with Gasteiger partial charge in [-0.3, -0.25) is 4.79 Å². The van der Waals surface area contributed by atoms with Crippen LogP contribution in [0.25, 0.3) is 5.65 Å². The van der Waals surface area contributed by atoms with Crippen molar-refractivity contribution in [3.05, 3.63) is 58.4 Å². The van der Waals surface area contributed by atoms with E-state index in [0.717, 1.165) is 30.8 Å². The van der Waals surface area contributed by atoms with Crippen molar-refractivity contribution in [1.82, 2.24) is 19.5 Å². The lowest BCUT2D eigenvalue weighted by molar-refractivity contribution is 0.0599. The number of aromatic nitrogens is 3. The van der Waals surface area contributed by atoms with Crippen molar-refractivity contribution in [1.29, 1.82) is 5.26 Å². The van der Waals surface area contributed by atoms with E-state index in [9.17, 15) is 18.8 Å². The molecule has 2 fully saturated rings. The summed E-state index contributed by atoms with van der Waals surface area (Å²) in [6.07, 6.45) is 4.30. The van der Waals surface area contributed by atoms with Crippen LogP contribution in [0.4, 0.5) is 14.6 Å². The first kappa shape index (κ1) is 23.2. The summed E-state index contributed by atoms with van der Waals surface area (Å²) in [6.45, 7) is 7.39. The van der Waals surface area contributed by atoms with Crippen LogP contribution in [-0.4, -0.2) is 45.0 Å². The Morgan fingerprint density at radius 1 is 1.14 bits per heavy atom. The normalized spacial score (nSPS) is 22.6. The molecule has 35 heavy (non-hydrogen) atoms. The Kier molecular flexibility index (Phi) is 5.91. The van der Waals surface area contributed by atoms with Gasteiger partial charge >= 0.3 is 0 Å².